The number of anilines is 1. The first kappa shape index (κ1) is 25.3. The molecule has 4 rings (SSSR count). The first-order valence-electron chi connectivity index (χ1n) is 10.7. The second-order valence-electron chi connectivity index (χ2n) is 9.22. The maximum atomic E-state index is 14.5. The molecule has 35 heavy (non-hydrogen) atoms. The number of hydrogen-bond donors (Lipinski definition) is 1. The number of hydrogen-bond acceptors (Lipinski definition) is 4. The van der Waals surface area contributed by atoms with E-state index in [0.717, 1.165) is 32.2 Å². The molecule has 0 saturated carbocycles. The van der Waals surface area contributed by atoms with Crippen molar-refractivity contribution in [2.45, 2.75) is 50.5 Å². The molecule has 12 heteroatoms. The van der Waals surface area contributed by atoms with Crippen molar-refractivity contribution in [3.05, 3.63) is 57.0 Å². The Morgan fingerprint density at radius 2 is 1.83 bits per heavy atom. The number of nitrogens with zero attached hydrogens (tertiary/aromatic N) is 1. The summed E-state index contributed by atoms with van der Waals surface area (Å²) in [5.74, 6) is -8.64. The van der Waals surface area contributed by atoms with Crippen LogP contribution in [0.1, 0.15) is 42.8 Å². The molecule has 0 amide bonds. The third-order valence-electron chi connectivity index (χ3n) is 6.99. The molecule has 2 aliphatic rings. The Morgan fingerprint density at radius 3 is 2.34 bits per heavy atom. The summed E-state index contributed by atoms with van der Waals surface area (Å²) in [6, 6.07) is 2.90. The van der Waals surface area contributed by atoms with E-state index in [4.69, 9.17) is 9.47 Å². The highest BCUT2D eigenvalue weighted by atomic mass is 19.4. The van der Waals surface area contributed by atoms with Gasteiger partial charge in [-0.05, 0) is 19.9 Å². The van der Waals surface area contributed by atoms with Gasteiger partial charge in [0.2, 0.25) is 11.2 Å². The fraction of sp³-hybridized carbons (Fsp3) is 0.522. The van der Waals surface area contributed by atoms with E-state index >= 15 is 0 Å². The largest absolute Gasteiger partial charge is 0.493 e. The van der Waals surface area contributed by atoms with Crippen LogP contribution in [0.4, 0.5) is 36.4 Å². The van der Waals surface area contributed by atoms with Crippen molar-refractivity contribution in [2.75, 3.05) is 25.1 Å². The Labute approximate surface area is 195 Å². The first-order valence-corrected chi connectivity index (χ1v) is 10.7. The number of rotatable bonds is 4. The molecule has 2 aliphatic heterocycles. The highest BCUT2D eigenvalue weighted by Crippen LogP contribution is 2.59. The van der Waals surface area contributed by atoms with Gasteiger partial charge in [-0.15, -0.1) is 0 Å². The van der Waals surface area contributed by atoms with Gasteiger partial charge in [0, 0.05) is 34.9 Å². The minimum absolute atomic E-state index is 0.0220. The molecule has 4 atom stereocenters. The number of H-pyrrole nitrogens is 1. The van der Waals surface area contributed by atoms with Crippen molar-refractivity contribution in [1.82, 2.24) is 4.98 Å². The maximum absolute atomic E-state index is 14.5. The lowest BCUT2D eigenvalue weighted by Crippen LogP contribution is -2.57. The molecule has 2 fully saturated rings. The lowest BCUT2D eigenvalue weighted by Gasteiger charge is -2.40. The van der Waals surface area contributed by atoms with Crippen molar-refractivity contribution >= 4 is 5.69 Å². The molecule has 0 bridgehead atoms. The van der Waals surface area contributed by atoms with Crippen LogP contribution >= 0.6 is 0 Å². The first-order chi connectivity index (χ1) is 16.1. The number of ether oxygens (including phenoxy) is 2. The van der Waals surface area contributed by atoms with Crippen LogP contribution in [-0.2, 0) is 4.74 Å². The third-order valence-corrected chi connectivity index (χ3v) is 6.99. The quantitative estimate of drug-likeness (QED) is 0.575. The predicted molar refractivity (Wildman–Crippen MR) is 112 cm³/mol. The molecule has 0 aliphatic carbocycles. The van der Waals surface area contributed by atoms with Crippen LogP contribution < -0.4 is 15.1 Å². The van der Waals surface area contributed by atoms with Gasteiger partial charge in [-0.2, -0.15) is 17.6 Å². The summed E-state index contributed by atoms with van der Waals surface area (Å²) in [4.78, 5) is 16.8. The van der Waals surface area contributed by atoms with Crippen molar-refractivity contribution in [1.29, 1.82) is 0 Å². The Balaban J connectivity index is 1.85. The van der Waals surface area contributed by atoms with Gasteiger partial charge < -0.3 is 19.4 Å². The fourth-order valence-corrected chi connectivity index (χ4v) is 5.00. The maximum Gasteiger partial charge on any atom is 0.417 e. The second kappa shape index (κ2) is 8.14. The molecule has 1 aromatic heterocycles. The molecular weight excluding hydrogens is 485 g/mol. The van der Waals surface area contributed by atoms with Crippen LogP contribution in [0.5, 0.6) is 5.75 Å². The molecule has 192 valence electrons. The summed E-state index contributed by atoms with van der Waals surface area (Å²) in [6.45, 7) is 2.23. The van der Waals surface area contributed by atoms with Gasteiger partial charge in [-0.25, -0.2) is 13.2 Å². The van der Waals surface area contributed by atoms with E-state index in [1.165, 1.54) is 18.7 Å². The average Bonchev–Trinajstić information content (AvgIpc) is 3.00. The lowest BCUT2D eigenvalue weighted by molar-refractivity contribution is -0.275. The topological polar surface area (TPSA) is 54.6 Å². The Hall–Kier alpha value is -2.76. The van der Waals surface area contributed by atoms with Gasteiger partial charge in [0.05, 0.1) is 20.2 Å². The smallest absolute Gasteiger partial charge is 0.417 e. The van der Waals surface area contributed by atoms with Gasteiger partial charge in [0.15, 0.2) is 17.2 Å². The van der Waals surface area contributed by atoms with Crippen molar-refractivity contribution in [3.8, 4) is 5.75 Å². The minimum Gasteiger partial charge on any atom is -0.493 e. The van der Waals surface area contributed by atoms with Crippen molar-refractivity contribution in [3.63, 3.8) is 0 Å². The molecule has 2 aromatic rings. The van der Waals surface area contributed by atoms with Crippen molar-refractivity contribution in [2.24, 2.45) is 5.92 Å². The van der Waals surface area contributed by atoms with Crippen LogP contribution in [0.15, 0.2) is 23.0 Å². The molecule has 3 heterocycles. The number of benzene rings is 1. The molecule has 1 aromatic carbocycles. The normalized spacial score (nSPS) is 28.2. The van der Waals surface area contributed by atoms with Gasteiger partial charge in [-0.3, -0.25) is 4.79 Å². The molecule has 0 radical (unpaired) electrons. The highest BCUT2D eigenvalue weighted by Gasteiger charge is 2.65. The van der Waals surface area contributed by atoms with E-state index in [0.29, 0.717) is 0 Å². The number of aryl methyl sites for hydroxylation is 1. The zero-order valence-corrected chi connectivity index (χ0v) is 19.2. The summed E-state index contributed by atoms with van der Waals surface area (Å²) in [6.07, 6.45) is -6.28. The molecule has 5 nitrogen and oxygen atoms in total. The second-order valence-corrected chi connectivity index (χ2v) is 9.22. The van der Waals surface area contributed by atoms with Gasteiger partial charge in [0.25, 0.3) is 5.92 Å². The fourth-order valence-electron chi connectivity index (χ4n) is 5.00. The van der Waals surface area contributed by atoms with E-state index < -0.39 is 71.5 Å². The number of aromatic amines is 1. The molecule has 1 N–H and O–H groups in total. The average molecular weight is 508 g/mol. The predicted octanol–water partition coefficient (Wildman–Crippen LogP) is 5.24. The van der Waals surface area contributed by atoms with Crippen molar-refractivity contribution < 1.29 is 40.2 Å². The molecule has 0 spiro atoms. The highest BCUT2D eigenvalue weighted by molar-refractivity contribution is 5.54. The Kier molecular flexibility index (Phi) is 5.89. The summed E-state index contributed by atoms with van der Waals surface area (Å²) in [7, 11) is 1.06. The monoisotopic (exact) mass is 508 g/mol. The van der Waals surface area contributed by atoms with Crippen LogP contribution in [0.3, 0.4) is 0 Å². The van der Waals surface area contributed by atoms with Gasteiger partial charge >= 0.3 is 6.18 Å². The molecule has 0 unspecified atom stereocenters. The number of nitrogens with one attached hydrogen (secondary N) is 1. The summed E-state index contributed by atoms with van der Waals surface area (Å²) < 4.78 is 108. The van der Waals surface area contributed by atoms with Crippen LogP contribution in [0, 0.1) is 24.5 Å². The van der Waals surface area contributed by atoms with Crippen LogP contribution in [0.2, 0.25) is 0 Å². The minimum atomic E-state index is -4.84. The van der Waals surface area contributed by atoms with E-state index in [9.17, 15) is 35.5 Å². The Morgan fingerprint density at radius 1 is 1.20 bits per heavy atom. The summed E-state index contributed by atoms with van der Waals surface area (Å²) in [5, 5.41) is 0. The zero-order chi connectivity index (χ0) is 26.1. The van der Waals surface area contributed by atoms with E-state index in [1.807, 2.05) is 0 Å². The number of pyridine rings is 1. The summed E-state index contributed by atoms with van der Waals surface area (Å²) in [5.41, 5.74) is -3.37. The third kappa shape index (κ3) is 3.95. The number of halogens is 7. The summed E-state index contributed by atoms with van der Waals surface area (Å²) >= 11 is 0. The zero-order valence-electron chi connectivity index (χ0n) is 19.2. The van der Waals surface area contributed by atoms with E-state index in [1.54, 1.807) is 0 Å². The molecular formula is C23H23F7N2O3. The van der Waals surface area contributed by atoms with Crippen LogP contribution in [-0.4, -0.2) is 42.9 Å². The lowest BCUT2D eigenvalue weighted by atomic mass is 9.76. The molecule has 2 saturated heterocycles. The number of alkyl halides is 5. The van der Waals surface area contributed by atoms with Gasteiger partial charge in [0.1, 0.15) is 11.8 Å². The van der Waals surface area contributed by atoms with E-state index in [2.05, 4.69) is 4.98 Å². The Bertz CT molecular complexity index is 1200. The standard InChI is InChI=1S/C23H23F7N2O3/c1-10-16(12-5-6-13(24)17(25)19(12)34-4)20(35-21(10,3)23(28,29)30)14-7-15(33)18(11(2)31-14)32-8-22(26,27)9-32/h5-7,10,16,20H,8-9H2,1-4H3,(H,31,33)/t10-,16-,20-,21+/m0/s1. The van der Waals surface area contributed by atoms with Crippen LogP contribution in [0.25, 0.3) is 0 Å². The number of methoxy groups -OCH3 is 1. The van der Waals surface area contributed by atoms with E-state index in [-0.39, 0.29) is 22.6 Å². The van der Waals surface area contributed by atoms with Gasteiger partial charge in [-0.1, -0.05) is 13.0 Å². The number of aromatic nitrogens is 1. The SMILES string of the molecule is COc1c([C@H]2[C@H](c3cc(=O)c(N4CC(F)(F)C4)c(C)[nH]3)O[C@@](C)(C(F)(F)F)[C@H]2C)ccc(F)c1F.